The van der Waals surface area contributed by atoms with E-state index in [0.29, 0.717) is 6.42 Å². The van der Waals surface area contributed by atoms with Crippen LogP contribution < -0.4 is 15.4 Å². The molecule has 4 heteroatoms. The summed E-state index contributed by atoms with van der Waals surface area (Å²) in [6.45, 7) is 0. The molecule has 80 valence electrons. The molecule has 0 saturated carbocycles. The van der Waals surface area contributed by atoms with Gasteiger partial charge in [0.1, 0.15) is 5.75 Å². The number of hydrogen-bond donors (Lipinski definition) is 1. The summed E-state index contributed by atoms with van der Waals surface area (Å²) in [5.41, 5.74) is 7.75. The van der Waals surface area contributed by atoms with E-state index in [0.717, 1.165) is 17.0 Å². The zero-order valence-corrected chi connectivity index (χ0v) is 8.86. The minimum atomic E-state index is -0.199. The fraction of sp³-hybridized carbons (Fsp3) is 0.364. The molecular weight excluding hydrogens is 192 g/mol. The van der Waals surface area contributed by atoms with Gasteiger partial charge in [0, 0.05) is 25.6 Å². The predicted molar refractivity (Wildman–Crippen MR) is 57.9 cm³/mol. The molecule has 15 heavy (non-hydrogen) atoms. The van der Waals surface area contributed by atoms with E-state index in [1.165, 1.54) is 0 Å². The molecule has 2 rings (SSSR count). The second-order valence-electron chi connectivity index (χ2n) is 3.69. The maximum atomic E-state index is 11.6. The quantitative estimate of drug-likeness (QED) is 0.747. The number of hydrogen-bond acceptors (Lipinski definition) is 3. The van der Waals surface area contributed by atoms with Crippen molar-refractivity contribution in [2.45, 2.75) is 12.5 Å². The molecule has 4 nitrogen and oxygen atoms in total. The lowest BCUT2D eigenvalue weighted by molar-refractivity contribution is -0.119. The number of carbonyl (C=O) groups is 1. The number of amides is 1. The highest BCUT2D eigenvalue weighted by atomic mass is 16.5. The van der Waals surface area contributed by atoms with Crippen molar-refractivity contribution in [1.82, 2.24) is 0 Å². The smallest absolute Gasteiger partial charge is 0.228 e. The van der Waals surface area contributed by atoms with Gasteiger partial charge in [-0.15, -0.1) is 0 Å². The Hall–Kier alpha value is -1.55. The van der Waals surface area contributed by atoms with Crippen molar-refractivity contribution in [2.24, 2.45) is 5.73 Å². The maximum Gasteiger partial charge on any atom is 0.228 e. The summed E-state index contributed by atoms with van der Waals surface area (Å²) in [5.74, 6) is 0.783. The van der Waals surface area contributed by atoms with Crippen molar-refractivity contribution in [3.05, 3.63) is 23.8 Å². The van der Waals surface area contributed by atoms with Gasteiger partial charge >= 0.3 is 0 Å². The van der Waals surface area contributed by atoms with Crippen molar-refractivity contribution in [1.29, 1.82) is 0 Å². The normalized spacial score (nSPS) is 20.1. The summed E-state index contributed by atoms with van der Waals surface area (Å²) >= 11 is 0. The van der Waals surface area contributed by atoms with Gasteiger partial charge in [0.05, 0.1) is 12.8 Å². The number of rotatable bonds is 1. The van der Waals surface area contributed by atoms with Gasteiger partial charge < -0.3 is 15.4 Å². The average Bonchev–Trinajstić information content (AvgIpc) is 2.25. The summed E-state index contributed by atoms with van der Waals surface area (Å²) in [7, 11) is 3.36. The van der Waals surface area contributed by atoms with Crippen LogP contribution in [0.25, 0.3) is 0 Å². The minimum absolute atomic E-state index is 0.0447. The Kier molecular flexibility index (Phi) is 2.36. The first-order valence-corrected chi connectivity index (χ1v) is 4.83. The van der Waals surface area contributed by atoms with Gasteiger partial charge in [0.25, 0.3) is 0 Å². The van der Waals surface area contributed by atoms with E-state index in [-0.39, 0.29) is 11.9 Å². The van der Waals surface area contributed by atoms with Crippen LogP contribution in [0.5, 0.6) is 5.75 Å². The first-order valence-electron chi connectivity index (χ1n) is 4.83. The molecule has 0 fully saturated rings. The Labute approximate surface area is 88.6 Å². The van der Waals surface area contributed by atoms with Gasteiger partial charge in [-0.05, 0) is 11.6 Å². The molecule has 2 N–H and O–H groups in total. The monoisotopic (exact) mass is 206 g/mol. The van der Waals surface area contributed by atoms with E-state index in [4.69, 9.17) is 10.5 Å². The van der Waals surface area contributed by atoms with Crippen LogP contribution in [-0.2, 0) is 4.79 Å². The van der Waals surface area contributed by atoms with Crippen molar-refractivity contribution in [3.8, 4) is 5.75 Å². The molecule has 0 saturated heterocycles. The summed E-state index contributed by atoms with van der Waals surface area (Å²) in [6, 6.07) is 5.42. The Morgan fingerprint density at radius 2 is 2.27 bits per heavy atom. The molecule has 0 bridgehead atoms. The summed E-state index contributed by atoms with van der Waals surface area (Å²) in [5, 5.41) is 0. The van der Waals surface area contributed by atoms with Crippen molar-refractivity contribution >= 4 is 11.6 Å². The third-order valence-electron chi connectivity index (χ3n) is 2.77. The Balaban J connectivity index is 2.51. The van der Waals surface area contributed by atoms with Gasteiger partial charge in [0.15, 0.2) is 0 Å². The van der Waals surface area contributed by atoms with Gasteiger partial charge in [-0.2, -0.15) is 0 Å². The molecular formula is C11H14N2O2. The van der Waals surface area contributed by atoms with Gasteiger partial charge in [-0.1, -0.05) is 6.07 Å². The SMILES string of the molecule is COc1ccc2c(c1)N(C)C(=O)CC2N. The van der Waals surface area contributed by atoms with Crippen LogP contribution in [0, 0.1) is 0 Å². The number of nitrogens with two attached hydrogens (primary N) is 1. The van der Waals surface area contributed by atoms with Gasteiger partial charge in [0.2, 0.25) is 5.91 Å². The first-order chi connectivity index (χ1) is 7.13. The number of anilines is 1. The van der Waals surface area contributed by atoms with Crippen LogP contribution in [0.4, 0.5) is 5.69 Å². The largest absolute Gasteiger partial charge is 0.497 e. The summed E-state index contributed by atoms with van der Waals surface area (Å²) < 4.78 is 5.12. The molecule has 1 amide bonds. The van der Waals surface area contributed by atoms with Crippen LogP contribution in [-0.4, -0.2) is 20.1 Å². The lowest BCUT2D eigenvalue weighted by Gasteiger charge is -2.29. The fourth-order valence-corrected chi connectivity index (χ4v) is 1.82. The fourth-order valence-electron chi connectivity index (χ4n) is 1.82. The van der Waals surface area contributed by atoms with Crippen LogP contribution in [0.3, 0.4) is 0 Å². The molecule has 1 aliphatic heterocycles. The van der Waals surface area contributed by atoms with E-state index in [1.54, 1.807) is 19.1 Å². The lowest BCUT2D eigenvalue weighted by atomic mass is 9.97. The highest BCUT2D eigenvalue weighted by Gasteiger charge is 2.26. The molecule has 0 aliphatic carbocycles. The number of fused-ring (bicyclic) bond motifs is 1. The van der Waals surface area contributed by atoms with Crippen LogP contribution in [0.15, 0.2) is 18.2 Å². The number of benzene rings is 1. The van der Waals surface area contributed by atoms with E-state index >= 15 is 0 Å². The second-order valence-corrected chi connectivity index (χ2v) is 3.69. The highest BCUT2D eigenvalue weighted by molar-refractivity contribution is 5.96. The zero-order valence-electron chi connectivity index (χ0n) is 8.86. The zero-order chi connectivity index (χ0) is 11.0. The van der Waals surface area contributed by atoms with Crippen LogP contribution in [0.1, 0.15) is 18.0 Å². The molecule has 1 atom stereocenters. The number of ether oxygens (including phenoxy) is 1. The lowest BCUT2D eigenvalue weighted by Crippen LogP contribution is -2.35. The Morgan fingerprint density at radius 1 is 1.53 bits per heavy atom. The van der Waals surface area contributed by atoms with Crippen molar-refractivity contribution in [2.75, 3.05) is 19.1 Å². The molecule has 0 aromatic heterocycles. The third kappa shape index (κ3) is 1.57. The van der Waals surface area contributed by atoms with Crippen LogP contribution in [0.2, 0.25) is 0 Å². The third-order valence-corrected chi connectivity index (χ3v) is 2.77. The van der Waals surface area contributed by atoms with Crippen molar-refractivity contribution < 1.29 is 9.53 Å². The van der Waals surface area contributed by atoms with E-state index in [1.807, 2.05) is 18.2 Å². The Bertz CT molecular complexity index is 404. The Morgan fingerprint density at radius 3 is 2.93 bits per heavy atom. The number of carbonyl (C=O) groups excluding carboxylic acids is 1. The van der Waals surface area contributed by atoms with Crippen molar-refractivity contribution in [3.63, 3.8) is 0 Å². The van der Waals surface area contributed by atoms with Crippen LogP contribution >= 0.6 is 0 Å². The van der Waals surface area contributed by atoms with Gasteiger partial charge in [-0.3, -0.25) is 4.79 Å². The first kappa shape index (κ1) is 9.98. The predicted octanol–water partition coefficient (Wildman–Crippen LogP) is 1.06. The molecule has 1 heterocycles. The molecule has 1 unspecified atom stereocenters. The average molecular weight is 206 g/mol. The minimum Gasteiger partial charge on any atom is -0.497 e. The summed E-state index contributed by atoms with van der Waals surface area (Å²) in [6.07, 6.45) is 0.371. The second kappa shape index (κ2) is 3.55. The molecule has 0 radical (unpaired) electrons. The van der Waals surface area contributed by atoms with E-state index < -0.39 is 0 Å². The summed E-state index contributed by atoms with van der Waals surface area (Å²) in [4.78, 5) is 13.2. The topological polar surface area (TPSA) is 55.6 Å². The van der Waals surface area contributed by atoms with E-state index in [9.17, 15) is 4.79 Å². The molecule has 1 aliphatic rings. The maximum absolute atomic E-state index is 11.6. The molecule has 0 spiro atoms. The van der Waals surface area contributed by atoms with Gasteiger partial charge in [-0.25, -0.2) is 0 Å². The highest BCUT2D eigenvalue weighted by Crippen LogP contribution is 2.34. The number of nitrogens with zero attached hydrogens (tertiary/aromatic N) is 1. The number of methoxy groups -OCH3 is 1. The standard InChI is InChI=1S/C11H14N2O2/c1-13-10-5-7(15-2)3-4-8(10)9(12)6-11(13)14/h3-5,9H,6,12H2,1-2H3. The molecule has 1 aromatic carbocycles. The van der Waals surface area contributed by atoms with E-state index in [2.05, 4.69) is 0 Å². The molecule has 1 aromatic rings.